The monoisotopic (exact) mass is 213 g/mol. The zero-order valence-electron chi connectivity index (χ0n) is 8.01. The molecule has 1 aliphatic carbocycles. The smallest absolute Gasteiger partial charge is 0.278 e. The second kappa shape index (κ2) is 3.61. The summed E-state index contributed by atoms with van der Waals surface area (Å²) in [6.45, 7) is 0. The number of hydrogen-bond donors (Lipinski definition) is 1. The first-order valence-corrected chi connectivity index (χ1v) is 5.07. The SMILES string of the molecule is Cn1[nH]c(C2=C(Cl)CCCC2)nc1=O. The Morgan fingerprint density at radius 2 is 2.14 bits per heavy atom. The van der Waals surface area contributed by atoms with Gasteiger partial charge in [0.1, 0.15) is 0 Å². The van der Waals surface area contributed by atoms with E-state index in [1.165, 1.54) is 4.68 Å². The fourth-order valence-electron chi connectivity index (χ4n) is 1.65. The maximum Gasteiger partial charge on any atom is 0.363 e. The first kappa shape index (κ1) is 9.52. The molecule has 0 saturated carbocycles. The number of allylic oxidation sites excluding steroid dienone is 2. The average molecular weight is 214 g/mol. The van der Waals surface area contributed by atoms with E-state index < -0.39 is 0 Å². The lowest BCUT2D eigenvalue weighted by molar-refractivity contribution is 0.714. The van der Waals surface area contributed by atoms with Gasteiger partial charge in [0.25, 0.3) is 0 Å². The highest BCUT2D eigenvalue weighted by Gasteiger charge is 2.16. The second-order valence-corrected chi connectivity index (χ2v) is 3.96. The first-order chi connectivity index (χ1) is 6.68. The zero-order chi connectivity index (χ0) is 10.1. The van der Waals surface area contributed by atoms with Gasteiger partial charge in [-0.15, -0.1) is 0 Å². The lowest BCUT2D eigenvalue weighted by atomic mass is 9.99. The number of H-pyrrole nitrogens is 1. The van der Waals surface area contributed by atoms with Gasteiger partial charge >= 0.3 is 5.69 Å². The summed E-state index contributed by atoms with van der Waals surface area (Å²) < 4.78 is 1.36. The number of nitrogens with one attached hydrogen (secondary N) is 1. The number of aromatic amines is 1. The van der Waals surface area contributed by atoms with Crippen LogP contribution in [0.25, 0.3) is 5.57 Å². The van der Waals surface area contributed by atoms with Crippen molar-refractivity contribution in [2.45, 2.75) is 25.7 Å². The summed E-state index contributed by atoms with van der Waals surface area (Å²) in [5.41, 5.74) is 0.734. The van der Waals surface area contributed by atoms with Crippen molar-refractivity contribution in [3.8, 4) is 0 Å². The van der Waals surface area contributed by atoms with E-state index in [0.29, 0.717) is 5.82 Å². The largest absolute Gasteiger partial charge is 0.363 e. The van der Waals surface area contributed by atoms with Crippen LogP contribution < -0.4 is 5.69 Å². The summed E-state index contributed by atoms with van der Waals surface area (Å²) in [4.78, 5) is 15.0. The maximum atomic E-state index is 11.1. The Morgan fingerprint density at radius 3 is 2.71 bits per heavy atom. The molecule has 0 radical (unpaired) electrons. The number of halogens is 1. The highest BCUT2D eigenvalue weighted by Crippen LogP contribution is 2.32. The molecule has 0 amide bonds. The van der Waals surface area contributed by atoms with Gasteiger partial charge in [0.2, 0.25) is 0 Å². The van der Waals surface area contributed by atoms with Crippen molar-refractivity contribution in [1.82, 2.24) is 14.8 Å². The molecule has 76 valence electrons. The van der Waals surface area contributed by atoms with E-state index in [2.05, 4.69) is 10.1 Å². The molecule has 0 aliphatic heterocycles. The van der Waals surface area contributed by atoms with Crippen LogP contribution in [0.3, 0.4) is 0 Å². The van der Waals surface area contributed by atoms with E-state index >= 15 is 0 Å². The fraction of sp³-hybridized carbons (Fsp3) is 0.556. The Balaban J connectivity index is 2.43. The van der Waals surface area contributed by atoms with Crippen LogP contribution in [0, 0.1) is 0 Å². The van der Waals surface area contributed by atoms with E-state index in [1.807, 2.05) is 0 Å². The Labute approximate surface area is 86.6 Å². The molecule has 14 heavy (non-hydrogen) atoms. The van der Waals surface area contributed by atoms with Crippen LogP contribution in [0.4, 0.5) is 0 Å². The Hall–Kier alpha value is -1.03. The number of aromatic nitrogens is 3. The molecule has 1 aliphatic rings. The van der Waals surface area contributed by atoms with Gasteiger partial charge in [0.05, 0.1) is 0 Å². The summed E-state index contributed by atoms with van der Waals surface area (Å²) in [5.74, 6) is 0.627. The molecule has 5 heteroatoms. The first-order valence-electron chi connectivity index (χ1n) is 4.69. The standard InChI is InChI=1S/C9H12ClN3O/c1-13-9(14)11-8(12-13)6-4-2-3-5-7(6)10/h2-5H2,1H3,(H,11,12,14). The molecule has 2 rings (SSSR count). The highest BCUT2D eigenvalue weighted by molar-refractivity contribution is 6.32. The summed E-state index contributed by atoms with van der Waals surface area (Å²) in [5, 5.41) is 3.73. The minimum Gasteiger partial charge on any atom is -0.278 e. The van der Waals surface area contributed by atoms with Gasteiger partial charge in [0, 0.05) is 17.7 Å². The Bertz CT molecular complexity index is 430. The molecule has 4 nitrogen and oxygen atoms in total. The number of hydrogen-bond acceptors (Lipinski definition) is 2. The van der Waals surface area contributed by atoms with Crippen molar-refractivity contribution >= 4 is 17.2 Å². The summed E-state index contributed by atoms with van der Waals surface area (Å²) in [6.07, 6.45) is 4.05. The van der Waals surface area contributed by atoms with Crippen molar-refractivity contribution in [3.63, 3.8) is 0 Å². The van der Waals surface area contributed by atoms with Crippen LogP contribution in [0.2, 0.25) is 0 Å². The van der Waals surface area contributed by atoms with E-state index in [-0.39, 0.29) is 5.69 Å². The normalized spacial score (nSPS) is 17.6. The molecule has 0 fully saturated rings. The van der Waals surface area contributed by atoms with E-state index in [1.54, 1.807) is 7.05 Å². The molecule has 0 bridgehead atoms. The number of aryl methyl sites for hydroxylation is 1. The molecule has 0 unspecified atom stereocenters. The van der Waals surface area contributed by atoms with Crippen LogP contribution >= 0.6 is 11.6 Å². The third kappa shape index (κ3) is 1.62. The molecule has 0 atom stereocenters. The van der Waals surface area contributed by atoms with Crippen LogP contribution in [-0.4, -0.2) is 14.8 Å². The third-order valence-electron chi connectivity index (χ3n) is 2.45. The molecule has 0 spiro atoms. The van der Waals surface area contributed by atoms with Crippen molar-refractivity contribution in [2.24, 2.45) is 7.05 Å². The minimum atomic E-state index is -0.262. The summed E-state index contributed by atoms with van der Waals surface area (Å²) in [7, 11) is 1.65. The summed E-state index contributed by atoms with van der Waals surface area (Å²) >= 11 is 6.09. The van der Waals surface area contributed by atoms with E-state index in [4.69, 9.17) is 11.6 Å². The van der Waals surface area contributed by atoms with Crippen molar-refractivity contribution in [1.29, 1.82) is 0 Å². The predicted octanol–water partition coefficient (Wildman–Crippen LogP) is 1.63. The van der Waals surface area contributed by atoms with Gasteiger partial charge in [-0.1, -0.05) is 11.6 Å². The molecule has 1 aromatic heterocycles. The zero-order valence-corrected chi connectivity index (χ0v) is 8.76. The third-order valence-corrected chi connectivity index (χ3v) is 2.87. The second-order valence-electron chi connectivity index (χ2n) is 3.50. The van der Waals surface area contributed by atoms with Gasteiger partial charge < -0.3 is 0 Å². The molecular formula is C9H12ClN3O. The average Bonchev–Trinajstić information content (AvgIpc) is 2.48. The van der Waals surface area contributed by atoms with Crippen LogP contribution in [0.1, 0.15) is 31.5 Å². The number of rotatable bonds is 1. The Morgan fingerprint density at radius 1 is 1.43 bits per heavy atom. The summed E-state index contributed by atoms with van der Waals surface area (Å²) in [6, 6.07) is 0. The van der Waals surface area contributed by atoms with Crippen LogP contribution in [0.15, 0.2) is 9.83 Å². The van der Waals surface area contributed by atoms with E-state index in [0.717, 1.165) is 36.3 Å². The van der Waals surface area contributed by atoms with Gasteiger partial charge in [0.15, 0.2) is 5.82 Å². The van der Waals surface area contributed by atoms with Crippen LogP contribution in [0.5, 0.6) is 0 Å². The molecule has 0 aromatic carbocycles. The lowest BCUT2D eigenvalue weighted by Gasteiger charge is -2.13. The van der Waals surface area contributed by atoms with Crippen molar-refractivity contribution < 1.29 is 0 Å². The molecule has 1 N–H and O–H groups in total. The Kier molecular flexibility index (Phi) is 2.46. The minimum absolute atomic E-state index is 0.262. The maximum absolute atomic E-state index is 11.1. The lowest BCUT2D eigenvalue weighted by Crippen LogP contribution is -2.13. The predicted molar refractivity (Wildman–Crippen MR) is 55.1 cm³/mol. The van der Waals surface area contributed by atoms with Gasteiger partial charge in [-0.2, -0.15) is 4.98 Å². The van der Waals surface area contributed by atoms with Gasteiger partial charge in [-0.05, 0) is 25.7 Å². The van der Waals surface area contributed by atoms with Crippen LogP contribution in [-0.2, 0) is 7.05 Å². The fourth-order valence-corrected chi connectivity index (χ4v) is 1.97. The quantitative estimate of drug-likeness (QED) is 0.771. The topological polar surface area (TPSA) is 50.7 Å². The molecule has 1 aromatic rings. The highest BCUT2D eigenvalue weighted by atomic mass is 35.5. The molecular weight excluding hydrogens is 202 g/mol. The van der Waals surface area contributed by atoms with Gasteiger partial charge in [-0.3, -0.25) is 5.10 Å². The van der Waals surface area contributed by atoms with E-state index in [9.17, 15) is 4.79 Å². The van der Waals surface area contributed by atoms with Crippen molar-refractivity contribution in [2.75, 3.05) is 0 Å². The van der Waals surface area contributed by atoms with Gasteiger partial charge in [-0.25, -0.2) is 9.48 Å². The van der Waals surface area contributed by atoms with Crippen molar-refractivity contribution in [3.05, 3.63) is 21.3 Å². The molecule has 1 heterocycles. The number of nitrogens with zero attached hydrogens (tertiary/aromatic N) is 2. The molecule has 0 saturated heterocycles.